The Morgan fingerprint density at radius 3 is 2.30 bits per heavy atom. The van der Waals surface area contributed by atoms with Crippen molar-refractivity contribution in [3.63, 3.8) is 0 Å². The number of nitrogens with one attached hydrogen (secondary N) is 2. The molecular weight excluding hydrogens is 311 g/mol. The predicted octanol–water partition coefficient (Wildman–Crippen LogP) is 1.29. The second-order valence-electron chi connectivity index (χ2n) is 5.50. The van der Waals surface area contributed by atoms with Crippen molar-refractivity contribution in [1.29, 1.82) is 0 Å². The molecule has 1 saturated carbocycles. The zero-order valence-electron chi connectivity index (χ0n) is 12.3. The van der Waals surface area contributed by atoms with Crippen LogP contribution in [0.2, 0.25) is 0 Å². The van der Waals surface area contributed by atoms with Gasteiger partial charge in [0, 0.05) is 18.2 Å². The van der Waals surface area contributed by atoms with E-state index in [0.717, 1.165) is 37.1 Å². The van der Waals surface area contributed by atoms with Crippen LogP contribution in [-0.4, -0.2) is 30.9 Å². The van der Waals surface area contributed by atoms with Gasteiger partial charge in [-0.15, -0.1) is 0 Å². The molecule has 8 heteroatoms. The highest BCUT2D eigenvalue weighted by atomic mass is 19.4. The molecule has 23 heavy (non-hydrogen) atoms. The first-order chi connectivity index (χ1) is 10.8. The summed E-state index contributed by atoms with van der Waals surface area (Å²) in [7, 11) is 0. The molecule has 1 fully saturated rings. The van der Waals surface area contributed by atoms with Crippen LogP contribution in [0.3, 0.4) is 0 Å². The summed E-state index contributed by atoms with van der Waals surface area (Å²) >= 11 is 0. The maximum Gasteiger partial charge on any atom is 0.416 e. The van der Waals surface area contributed by atoms with Gasteiger partial charge in [-0.2, -0.15) is 13.2 Å². The second kappa shape index (κ2) is 6.99. The molecule has 1 aliphatic rings. The molecular formula is C15H18F3N3O2. The molecule has 1 aliphatic carbocycles. The number of alkyl halides is 3. The molecule has 1 unspecified atom stereocenters. The third-order valence-corrected chi connectivity index (χ3v) is 3.68. The monoisotopic (exact) mass is 329 g/mol. The van der Waals surface area contributed by atoms with E-state index in [1.165, 1.54) is 0 Å². The van der Waals surface area contributed by atoms with E-state index in [0.29, 0.717) is 12.5 Å². The molecule has 5 nitrogen and oxygen atoms in total. The van der Waals surface area contributed by atoms with Crippen molar-refractivity contribution in [2.45, 2.75) is 25.1 Å². The van der Waals surface area contributed by atoms with Crippen LogP contribution in [0.4, 0.5) is 13.2 Å². The molecule has 2 amide bonds. The number of amides is 2. The zero-order chi connectivity index (χ0) is 17.0. The molecule has 0 heterocycles. The molecule has 2 rings (SSSR count). The molecule has 0 spiro atoms. The number of hydrogen-bond donors (Lipinski definition) is 3. The molecule has 0 radical (unpaired) electrons. The molecule has 4 N–H and O–H groups in total. The third kappa shape index (κ3) is 4.95. The molecule has 126 valence electrons. The molecule has 1 aromatic rings. The summed E-state index contributed by atoms with van der Waals surface area (Å²) in [5.74, 6) is -0.577. The number of halogens is 3. The first kappa shape index (κ1) is 17.3. The first-order valence-corrected chi connectivity index (χ1v) is 7.26. The van der Waals surface area contributed by atoms with Crippen molar-refractivity contribution >= 4 is 11.8 Å². The topological polar surface area (TPSA) is 84.2 Å². The minimum atomic E-state index is -4.45. The van der Waals surface area contributed by atoms with Gasteiger partial charge in [0.05, 0.1) is 12.1 Å². The fraction of sp³-hybridized carbons (Fsp3) is 0.467. The first-order valence-electron chi connectivity index (χ1n) is 7.26. The van der Waals surface area contributed by atoms with Crippen LogP contribution in [0.5, 0.6) is 0 Å². The molecule has 0 aliphatic heterocycles. The van der Waals surface area contributed by atoms with Crippen LogP contribution in [0.1, 0.15) is 28.8 Å². The number of nitrogens with two attached hydrogens (primary N) is 1. The number of hydrogen-bond acceptors (Lipinski definition) is 3. The summed E-state index contributed by atoms with van der Waals surface area (Å²) in [4.78, 5) is 23.6. The van der Waals surface area contributed by atoms with Crippen molar-refractivity contribution in [2.24, 2.45) is 11.7 Å². The lowest BCUT2D eigenvalue weighted by atomic mass is 10.1. The highest BCUT2D eigenvalue weighted by Crippen LogP contribution is 2.32. The lowest BCUT2D eigenvalue weighted by molar-refractivity contribution is -0.137. The van der Waals surface area contributed by atoms with E-state index in [-0.39, 0.29) is 24.1 Å². The Hall–Kier alpha value is -2.09. The molecule has 1 aromatic carbocycles. The van der Waals surface area contributed by atoms with Crippen LogP contribution in [0.25, 0.3) is 0 Å². The van der Waals surface area contributed by atoms with Gasteiger partial charge >= 0.3 is 6.18 Å². The van der Waals surface area contributed by atoms with E-state index in [1.54, 1.807) is 0 Å². The van der Waals surface area contributed by atoms with E-state index in [4.69, 9.17) is 5.73 Å². The molecule has 0 aromatic heterocycles. The van der Waals surface area contributed by atoms with Crippen molar-refractivity contribution < 1.29 is 22.8 Å². The molecule has 1 atom stereocenters. The third-order valence-electron chi connectivity index (χ3n) is 3.68. The number of carbonyl (C=O) groups is 2. The average molecular weight is 329 g/mol. The van der Waals surface area contributed by atoms with Gasteiger partial charge in [-0.05, 0) is 43.0 Å². The summed E-state index contributed by atoms with van der Waals surface area (Å²) in [5.41, 5.74) is 4.79. The lowest BCUT2D eigenvalue weighted by Crippen LogP contribution is -2.46. The van der Waals surface area contributed by atoms with Crippen molar-refractivity contribution in [2.75, 3.05) is 13.1 Å². The lowest BCUT2D eigenvalue weighted by Gasteiger charge is -2.16. The van der Waals surface area contributed by atoms with E-state index >= 15 is 0 Å². The summed E-state index contributed by atoms with van der Waals surface area (Å²) in [6, 6.07) is 3.70. The largest absolute Gasteiger partial charge is 0.416 e. The second-order valence-corrected chi connectivity index (χ2v) is 5.50. The van der Waals surface area contributed by atoms with Gasteiger partial charge in [0.15, 0.2) is 0 Å². The van der Waals surface area contributed by atoms with Gasteiger partial charge in [0.25, 0.3) is 5.91 Å². The number of rotatable bonds is 6. The van der Waals surface area contributed by atoms with Crippen LogP contribution < -0.4 is 16.4 Å². The summed E-state index contributed by atoms with van der Waals surface area (Å²) in [6.45, 7) is 0.0896. The Bertz CT molecular complexity index is 568. The zero-order valence-corrected chi connectivity index (χ0v) is 12.3. The normalized spacial score (nSPS) is 15.8. The number of carbonyl (C=O) groups excluding carboxylic acids is 2. The van der Waals surface area contributed by atoms with E-state index in [1.807, 2.05) is 0 Å². The maximum absolute atomic E-state index is 12.4. The van der Waals surface area contributed by atoms with Crippen molar-refractivity contribution in [3.8, 4) is 0 Å². The number of benzene rings is 1. The average Bonchev–Trinajstić information content (AvgIpc) is 3.34. The van der Waals surface area contributed by atoms with Crippen LogP contribution in [0, 0.1) is 5.92 Å². The fourth-order valence-corrected chi connectivity index (χ4v) is 2.20. The summed E-state index contributed by atoms with van der Waals surface area (Å²) < 4.78 is 37.3. The smallest absolute Gasteiger partial charge is 0.350 e. The van der Waals surface area contributed by atoms with E-state index in [2.05, 4.69) is 10.6 Å². The molecule has 0 saturated heterocycles. The minimum Gasteiger partial charge on any atom is -0.350 e. The fourth-order valence-electron chi connectivity index (χ4n) is 2.20. The summed E-state index contributed by atoms with van der Waals surface area (Å²) in [6.07, 6.45) is -2.39. The van der Waals surface area contributed by atoms with Crippen LogP contribution >= 0.6 is 0 Å². The minimum absolute atomic E-state index is 0.0587. The standard InChI is InChI=1S/C15H18F3N3O2/c16-15(17,18)11-5-3-10(4-6-11)14(23)20-8-13(22)21-12(7-19)9-1-2-9/h3-6,9,12H,1-2,7-8,19H2,(H,20,23)(H,21,22). The quantitative estimate of drug-likeness (QED) is 0.735. The van der Waals surface area contributed by atoms with Gasteiger partial charge in [-0.1, -0.05) is 0 Å². The van der Waals surface area contributed by atoms with Gasteiger partial charge in [-0.25, -0.2) is 0 Å². The van der Waals surface area contributed by atoms with E-state index in [9.17, 15) is 22.8 Å². The SMILES string of the molecule is NCC(NC(=O)CNC(=O)c1ccc(C(F)(F)F)cc1)C1CC1. The van der Waals surface area contributed by atoms with E-state index < -0.39 is 17.6 Å². The highest BCUT2D eigenvalue weighted by Gasteiger charge is 2.31. The van der Waals surface area contributed by atoms with Gasteiger partial charge < -0.3 is 16.4 Å². The van der Waals surface area contributed by atoms with Crippen LogP contribution in [0.15, 0.2) is 24.3 Å². The van der Waals surface area contributed by atoms with Crippen molar-refractivity contribution in [1.82, 2.24) is 10.6 Å². The van der Waals surface area contributed by atoms with Gasteiger partial charge in [-0.3, -0.25) is 9.59 Å². The Morgan fingerprint density at radius 2 is 1.83 bits per heavy atom. The maximum atomic E-state index is 12.4. The Labute approximate surface area is 131 Å². The van der Waals surface area contributed by atoms with Gasteiger partial charge in [0.1, 0.15) is 0 Å². The Balaban J connectivity index is 1.83. The molecule has 0 bridgehead atoms. The van der Waals surface area contributed by atoms with Crippen LogP contribution in [-0.2, 0) is 11.0 Å². The Kier molecular flexibility index (Phi) is 5.25. The predicted molar refractivity (Wildman–Crippen MR) is 77.5 cm³/mol. The Morgan fingerprint density at radius 1 is 1.22 bits per heavy atom. The summed E-state index contributed by atoms with van der Waals surface area (Å²) in [5, 5.41) is 5.11. The van der Waals surface area contributed by atoms with Crippen molar-refractivity contribution in [3.05, 3.63) is 35.4 Å². The highest BCUT2D eigenvalue weighted by molar-refractivity contribution is 5.96. The van der Waals surface area contributed by atoms with Gasteiger partial charge in [0.2, 0.25) is 5.91 Å².